The number of anilines is 2. The fourth-order valence-electron chi connectivity index (χ4n) is 2.81. The van der Waals surface area contributed by atoms with Gasteiger partial charge in [-0.2, -0.15) is 0 Å². The Bertz CT molecular complexity index is 832. The van der Waals surface area contributed by atoms with E-state index in [0.29, 0.717) is 18.8 Å². The maximum Gasteiger partial charge on any atom is 0.271 e. The Hall–Kier alpha value is -2.48. The van der Waals surface area contributed by atoms with Crippen molar-refractivity contribution in [2.45, 2.75) is 4.90 Å². The molecule has 2 aromatic rings. The molecule has 0 amide bonds. The van der Waals surface area contributed by atoms with Crippen molar-refractivity contribution < 1.29 is 17.9 Å². The van der Waals surface area contributed by atoms with Crippen LogP contribution in [0.5, 0.6) is 11.5 Å². The summed E-state index contributed by atoms with van der Waals surface area (Å²) in [6, 6.07) is 6.71. The number of aromatic nitrogens is 1. The van der Waals surface area contributed by atoms with Crippen molar-refractivity contribution in [1.82, 2.24) is 4.98 Å². The van der Waals surface area contributed by atoms with Crippen molar-refractivity contribution in [3.05, 3.63) is 36.7 Å². The van der Waals surface area contributed by atoms with Crippen LogP contribution >= 0.6 is 0 Å². The lowest BCUT2D eigenvalue weighted by molar-refractivity contribution is 0.373. The topological polar surface area (TPSA) is 72.0 Å². The van der Waals surface area contributed by atoms with Crippen LogP contribution in [0.3, 0.4) is 0 Å². The van der Waals surface area contributed by atoms with E-state index in [9.17, 15) is 8.42 Å². The summed E-state index contributed by atoms with van der Waals surface area (Å²) in [7, 11) is 0.931. The third kappa shape index (κ3) is 2.52. The Morgan fingerprint density at radius 3 is 2.33 bits per heavy atom. The Kier molecular flexibility index (Phi) is 4.23. The van der Waals surface area contributed by atoms with E-state index in [1.54, 1.807) is 36.7 Å². The molecule has 0 unspecified atom stereocenters. The number of ether oxygens (including phenoxy) is 2. The monoisotopic (exact) mass is 349 g/mol. The minimum atomic E-state index is -3.87. The standard InChI is InChI=1S/C16H19N3O4S/c1-18-9-10-19(13-11-17-8-7-12(13)18)24(20,21)16-14(22-2)5-4-6-15(16)23-3/h4-8,11H,9-10H2,1-3H3. The van der Waals surface area contributed by atoms with Crippen molar-refractivity contribution in [3.8, 4) is 11.5 Å². The maximum absolute atomic E-state index is 13.3. The molecule has 0 fully saturated rings. The molecule has 24 heavy (non-hydrogen) atoms. The number of hydrogen-bond donors (Lipinski definition) is 0. The van der Waals surface area contributed by atoms with Crippen molar-refractivity contribution in [1.29, 1.82) is 0 Å². The molecule has 0 atom stereocenters. The van der Waals surface area contributed by atoms with E-state index < -0.39 is 10.0 Å². The highest BCUT2D eigenvalue weighted by Gasteiger charge is 2.35. The first-order valence-electron chi connectivity index (χ1n) is 7.39. The van der Waals surface area contributed by atoms with Gasteiger partial charge in [0.05, 0.1) is 38.3 Å². The van der Waals surface area contributed by atoms with Crippen molar-refractivity contribution in [2.75, 3.05) is 43.6 Å². The van der Waals surface area contributed by atoms with Crippen molar-refractivity contribution in [2.24, 2.45) is 0 Å². The van der Waals surface area contributed by atoms with Crippen molar-refractivity contribution >= 4 is 21.4 Å². The Labute approximate surface area is 141 Å². The number of nitrogens with zero attached hydrogens (tertiary/aromatic N) is 3. The molecule has 8 heteroatoms. The van der Waals surface area contributed by atoms with Crippen LogP contribution in [0.15, 0.2) is 41.6 Å². The van der Waals surface area contributed by atoms with Gasteiger partial charge in [0.25, 0.3) is 10.0 Å². The number of hydrogen-bond acceptors (Lipinski definition) is 6. The molecule has 0 saturated carbocycles. The van der Waals surface area contributed by atoms with Gasteiger partial charge >= 0.3 is 0 Å². The number of methoxy groups -OCH3 is 2. The highest BCUT2D eigenvalue weighted by Crippen LogP contribution is 2.40. The second-order valence-electron chi connectivity index (χ2n) is 5.35. The highest BCUT2D eigenvalue weighted by atomic mass is 32.2. The molecule has 0 N–H and O–H groups in total. The molecule has 0 radical (unpaired) electrons. The average molecular weight is 349 g/mol. The quantitative estimate of drug-likeness (QED) is 0.837. The lowest BCUT2D eigenvalue weighted by Crippen LogP contribution is -2.42. The summed E-state index contributed by atoms with van der Waals surface area (Å²) in [4.78, 5) is 6.10. The minimum absolute atomic E-state index is 0.0226. The number of rotatable bonds is 4. The first-order chi connectivity index (χ1) is 11.5. The molecule has 1 aliphatic rings. The molecule has 0 aliphatic carbocycles. The van der Waals surface area contributed by atoms with Crippen LogP contribution < -0.4 is 18.7 Å². The first kappa shape index (κ1) is 16.4. The van der Waals surface area contributed by atoms with Gasteiger partial charge in [-0.05, 0) is 18.2 Å². The number of likely N-dealkylation sites (N-methyl/N-ethyl adjacent to an activating group) is 1. The summed E-state index contributed by atoms with van der Waals surface area (Å²) >= 11 is 0. The van der Waals surface area contributed by atoms with Gasteiger partial charge in [0.15, 0.2) is 4.90 Å². The summed E-state index contributed by atoms with van der Waals surface area (Å²) in [6.45, 7) is 0.895. The normalized spacial score (nSPS) is 14.3. The molecule has 0 saturated heterocycles. The van der Waals surface area contributed by atoms with E-state index in [1.807, 2.05) is 11.9 Å². The van der Waals surface area contributed by atoms with Crippen LogP contribution in [0, 0.1) is 0 Å². The van der Waals surface area contributed by atoms with E-state index in [4.69, 9.17) is 9.47 Å². The second kappa shape index (κ2) is 6.20. The van der Waals surface area contributed by atoms with Crippen LogP contribution in [-0.4, -0.2) is 47.8 Å². The van der Waals surface area contributed by atoms with Gasteiger partial charge in [0.2, 0.25) is 0 Å². The molecule has 1 aromatic carbocycles. The van der Waals surface area contributed by atoms with Gasteiger partial charge < -0.3 is 14.4 Å². The van der Waals surface area contributed by atoms with E-state index in [-0.39, 0.29) is 16.4 Å². The van der Waals surface area contributed by atoms with Crippen molar-refractivity contribution in [3.63, 3.8) is 0 Å². The lowest BCUT2D eigenvalue weighted by atomic mass is 10.2. The summed E-state index contributed by atoms with van der Waals surface area (Å²) in [5.74, 6) is 0.498. The predicted molar refractivity (Wildman–Crippen MR) is 91.6 cm³/mol. The molecular weight excluding hydrogens is 330 g/mol. The fourth-order valence-corrected chi connectivity index (χ4v) is 4.56. The zero-order chi connectivity index (χ0) is 17.3. The zero-order valence-corrected chi connectivity index (χ0v) is 14.6. The summed E-state index contributed by atoms with van der Waals surface area (Å²) < 4.78 is 38.6. The molecule has 3 rings (SSSR count). The number of sulfonamides is 1. The number of benzene rings is 1. The third-order valence-corrected chi connectivity index (χ3v) is 5.90. The first-order valence-corrected chi connectivity index (χ1v) is 8.83. The van der Waals surface area contributed by atoms with E-state index >= 15 is 0 Å². The minimum Gasteiger partial charge on any atom is -0.495 e. The summed E-state index contributed by atoms with van der Waals surface area (Å²) in [5, 5.41) is 0. The van der Waals surface area contributed by atoms with E-state index in [2.05, 4.69) is 4.98 Å². The van der Waals surface area contributed by atoms with Gasteiger partial charge in [0.1, 0.15) is 11.5 Å². The molecular formula is C16H19N3O4S. The second-order valence-corrected chi connectivity index (χ2v) is 7.15. The summed E-state index contributed by atoms with van der Waals surface area (Å²) in [6.07, 6.45) is 3.21. The Balaban J connectivity index is 2.19. The number of pyridine rings is 1. The fraction of sp³-hybridized carbons (Fsp3) is 0.312. The van der Waals surface area contributed by atoms with Crippen LogP contribution in [0.2, 0.25) is 0 Å². The predicted octanol–water partition coefficient (Wildman–Crippen LogP) is 1.74. The average Bonchev–Trinajstić information content (AvgIpc) is 2.61. The molecule has 0 spiro atoms. The van der Waals surface area contributed by atoms with Gasteiger partial charge in [-0.25, -0.2) is 8.42 Å². The van der Waals surface area contributed by atoms with E-state index in [1.165, 1.54) is 18.5 Å². The molecule has 2 heterocycles. The Morgan fingerprint density at radius 1 is 1.04 bits per heavy atom. The highest BCUT2D eigenvalue weighted by molar-refractivity contribution is 7.93. The summed E-state index contributed by atoms with van der Waals surface area (Å²) in [5.41, 5.74) is 1.35. The van der Waals surface area contributed by atoms with E-state index in [0.717, 1.165) is 5.69 Å². The Morgan fingerprint density at radius 2 is 1.71 bits per heavy atom. The molecule has 128 valence electrons. The smallest absolute Gasteiger partial charge is 0.271 e. The van der Waals surface area contributed by atoms with Crippen LogP contribution in [0.1, 0.15) is 0 Å². The van der Waals surface area contributed by atoms with Crippen LogP contribution in [0.4, 0.5) is 11.4 Å². The van der Waals surface area contributed by atoms with Gasteiger partial charge in [-0.1, -0.05) is 6.07 Å². The van der Waals surface area contributed by atoms with Crippen LogP contribution in [-0.2, 0) is 10.0 Å². The molecule has 7 nitrogen and oxygen atoms in total. The number of fused-ring (bicyclic) bond motifs is 1. The third-order valence-electron chi connectivity index (χ3n) is 4.03. The lowest BCUT2D eigenvalue weighted by Gasteiger charge is -2.36. The largest absolute Gasteiger partial charge is 0.495 e. The maximum atomic E-state index is 13.3. The zero-order valence-electron chi connectivity index (χ0n) is 13.8. The van der Waals surface area contributed by atoms with Gasteiger partial charge in [0, 0.05) is 19.8 Å². The SMILES string of the molecule is COc1cccc(OC)c1S(=O)(=O)N1CCN(C)c2ccncc21. The van der Waals surface area contributed by atoms with Gasteiger partial charge in [-0.15, -0.1) is 0 Å². The molecule has 0 bridgehead atoms. The molecule has 1 aromatic heterocycles. The van der Waals surface area contributed by atoms with Crippen LogP contribution in [0.25, 0.3) is 0 Å². The van der Waals surface area contributed by atoms with Gasteiger partial charge in [-0.3, -0.25) is 9.29 Å². The molecule has 1 aliphatic heterocycles.